The summed E-state index contributed by atoms with van der Waals surface area (Å²) in [5, 5.41) is 29.3. The van der Waals surface area contributed by atoms with Crippen molar-refractivity contribution in [3.63, 3.8) is 0 Å². The number of hydrogen-bond acceptors (Lipinski definition) is 5. The largest absolute Gasteiger partial charge is 0.365 e. The first kappa shape index (κ1) is 21.3. The van der Waals surface area contributed by atoms with E-state index < -0.39 is 6.35 Å². The standard InChI is InChI=1S/C22H25ClN4O2/c23-17-7-5-15(6-8-17)14-25-22(29)27-19-11-9-18(10-12-19)26-21(28)20-4-2-1-3-16(20)13-24/h1-8,18-19,22,25,27,29H,9-12,14H2,(H,26,28). The summed E-state index contributed by atoms with van der Waals surface area (Å²) in [6.07, 6.45) is 2.54. The van der Waals surface area contributed by atoms with Gasteiger partial charge < -0.3 is 10.4 Å². The number of hydrogen-bond donors (Lipinski definition) is 4. The van der Waals surface area contributed by atoms with Gasteiger partial charge in [-0.05, 0) is 55.5 Å². The maximum Gasteiger partial charge on any atom is 0.252 e. The van der Waals surface area contributed by atoms with Gasteiger partial charge in [0.15, 0.2) is 6.35 Å². The Labute approximate surface area is 175 Å². The number of nitrogens with one attached hydrogen (secondary N) is 3. The molecule has 152 valence electrons. The Hall–Kier alpha value is -2.43. The molecule has 0 aliphatic heterocycles. The predicted molar refractivity (Wildman–Crippen MR) is 112 cm³/mol. The van der Waals surface area contributed by atoms with Crippen molar-refractivity contribution in [2.45, 2.75) is 50.7 Å². The summed E-state index contributed by atoms with van der Waals surface area (Å²) in [5.74, 6) is -0.205. The van der Waals surface area contributed by atoms with Gasteiger partial charge in [-0.2, -0.15) is 5.26 Å². The normalized spacial score (nSPS) is 19.9. The van der Waals surface area contributed by atoms with Crippen molar-refractivity contribution in [2.75, 3.05) is 0 Å². The number of nitriles is 1. The lowest BCUT2D eigenvalue weighted by atomic mass is 9.91. The smallest absolute Gasteiger partial charge is 0.252 e. The number of benzene rings is 2. The third-order valence-electron chi connectivity index (χ3n) is 5.16. The molecule has 7 heteroatoms. The highest BCUT2D eigenvalue weighted by atomic mass is 35.5. The van der Waals surface area contributed by atoms with Crippen LogP contribution in [-0.4, -0.2) is 29.4 Å². The zero-order chi connectivity index (χ0) is 20.6. The van der Waals surface area contributed by atoms with E-state index in [0.29, 0.717) is 22.7 Å². The van der Waals surface area contributed by atoms with Crippen LogP contribution in [0.4, 0.5) is 0 Å². The molecule has 2 aromatic rings. The Balaban J connectivity index is 1.40. The van der Waals surface area contributed by atoms with E-state index in [0.717, 1.165) is 31.2 Å². The van der Waals surface area contributed by atoms with Crippen molar-refractivity contribution in [2.24, 2.45) is 0 Å². The molecule has 0 bridgehead atoms. The highest BCUT2D eigenvalue weighted by Gasteiger charge is 2.24. The fourth-order valence-corrected chi connectivity index (χ4v) is 3.67. The highest BCUT2D eigenvalue weighted by molar-refractivity contribution is 6.30. The molecule has 1 aliphatic carbocycles. The van der Waals surface area contributed by atoms with E-state index in [4.69, 9.17) is 16.9 Å². The van der Waals surface area contributed by atoms with Crippen LogP contribution in [0.25, 0.3) is 0 Å². The summed E-state index contributed by atoms with van der Waals surface area (Å²) in [7, 11) is 0. The molecule has 1 unspecified atom stereocenters. The number of rotatable bonds is 7. The molecular formula is C22H25ClN4O2. The molecular weight excluding hydrogens is 388 g/mol. The quantitative estimate of drug-likeness (QED) is 0.524. The second kappa shape index (κ2) is 10.4. The van der Waals surface area contributed by atoms with E-state index in [9.17, 15) is 9.90 Å². The molecule has 1 aliphatic rings. The third-order valence-corrected chi connectivity index (χ3v) is 5.41. The summed E-state index contributed by atoms with van der Waals surface area (Å²) in [6, 6.07) is 16.6. The summed E-state index contributed by atoms with van der Waals surface area (Å²) < 4.78 is 0. The maximum absolute atomic E-state index is 12.5. The molecule has 1 amide bonds. The minimum Gasteiger partial charge on any atom is -0.365 e. The molecule has 0 heterocycles. The molecule has 2 aromatic carbocycles. The van der Waals surface area contributed by atoms with E-state index in [-0.39, 0.29) is 18.0 Å². The van der Waals surface area contributed by atoms with Crippen LogP contribution in [0.3, 0.4) is 0 Å². The molecule has 0 saturated heterocycles. The van der Waals surface area contributed by atoms with Crippen LogP contribution in [0, 0.1) is 11.3 Å². The van der Waals surface area contributed by atoms with Crippen LogP contribution < -0.4 is 16.0 Å². The number of amides is 1. The Kier molecular flexibility index (Phi) is 7.62. The van der Waals surface area contributed by atoms with Gasteiger partial charge in [0.1, 0.15) is 0 Å². The van der Waals surface area contributed by atoms with Crippen molar-refractivity contribution >= 4 is 17.5 Å². The van der Waals surface area contributed by atoms with Crippen molar-refractivity contribution in [3.8, 4) is 6.07 Å². The molecule has 0 aromatic heterocycles. The van der Waals surface area contributed by atoms with E-state index in [2.05, 4.69) is 22.0 Å². The van der Waals surface area contributed by atoms with E-state index in [1.807, 2.05) is 24.3 Å². The van der Waals surface area contributed by atoms with Crippen molar-refractivity contribution in [3.05, 3.63) is 70.2 Å². The summed E-state index contributed by atoms with van der Waals surface area (Å²) in [6.45, 7) is 0.537. The Morgan fingerprint density at radius 1 is 1.10 bits per heavy atom. The van der Waals surface area contributed by atoms with Crippen molar-refractivity contribution in [1.29, 1.82) is 5.26 Å². The molecule has 29 heavy (non-hydrogen) atoms. The minimum absolute atomic E-state index is 0.0754. The van der Waals surface area contributed by atoms with Gasteiger partial charge in [-0.1, -0.05) is 35.9 Å². The zero-order valence-corrected chi connectivity index (χ0v) is 16.8. The molecule has 1 fully saturated rings. The van der Waals surface area contributed by atoms with Gasteiger partial charge in [-0.3, -0.25) is 15.4 Å². The Morgan fingerprint density at radius 3 is 2.45 bits per heavy atom. The molecule has 1 atom stereocenters. The molecule has 0 radical (unpaired) electrons. The number of carbonyl (C=O) groups excluding carboxylic acids is 1. The van der Waals surface area contributed by atoms with Gasteiger partial charge in [0.2, 0.25) is 0 Å². The van der Waals surface area contributed by atoms with Crippen molar-refractivity contribution in [1.82, 2.24) is 16.0 Å². The number of halogens is 1. The lowest BCUT2D eigenvalue weighted by Crippen LogP contribution is -2.50. The van der Waals surface area contributed by atoms with Gasteiger partial charge in [0, 0.05) is 23.7 Å². The fourth-order valence-electron chi connectivity index (χ4n) is 3.55. The average Bonchev–Trinajstić information content (AvgIpc) is 2.74. The third kappa shape index (κ3) is 6.28. The number of nitrogens with zero attached hydrogens (tertiary/aromatic N) is 1. The first-order chi connectivity index (χ1) is 14.0. The topological polar surface area (TPSA) is 97.2 Å². The van der Waals surface area contributed by atoms with Crippen LogP contribution >= 0.6 is 11.6 Å². The lowest BCUT2D eigenvalue weighted by Gasteiger charge is -2.31. The average molecular weight is 413 g/mol. The molecule has 4 N–H and O–H groups in total. The van der Waals surface area contributed by atoms with E-state index in [1.54, 1.807) is 24.3 Å². The monoisotopic (exact) mass is 412 g/mol. The molecule has 6 nitrogen and oxygen atoms in total. The van der Waals surface area contributed by atoms with Gasteiger partial charge >= 0.3 is 0 Å². The molecule has 1 saturated carbocycles. The first-order valence-corrected chi connectivity index (χ1v) is 10.1. The summed E-state index contributed by atoms with van der Waals surface area (Å²) in [5.41, 5.74) is 1.84. The molecule has 0 spiro atoms. The lowest BCUT2D eigenvalue weighted by molar-refractivity contribution is 0.0750. The number of aliphatic hydroxyl groups excluding tert-OH is 1. The van der Waals surface area contributed by atoms with Crippen molar-refractivity contribution < 1.29 is 9.90 Å². The van der Waals surface area contributed by atoms with Gasteiger partial charge in [-0.15, -0.1) is 0 Å². The van der Waals surface area contributed by atoms with Gasteiger partial charge in [-0.25, -0.2) is 0 Å². The van der Waals surface area contributed by atoms with E-state index in [1.165, 1.54) is 0 Å². The second-order valence-electron chi connectivity index (χ2n) is 7.26. The van der Waals surface area contributed by atoms with Gasteiger partial charge in [0.05, 0.1) is 17.2 Å². The Bertz CT molecular complexity index is 858. The predicted octanol–water partition coefficient (Wildman–Crippen LogP) is 2.91. The summed E-state index contributed by atoms with van der Waals surface area (Å²) in [4.78, 5) is 12.5. The zero-order valence-electron chi connectivity index (χ0n) is 16.1. The SMILES string of the molecule is N#Cc1ccccc1C(=O)NC1CCC(NC(O)NCc2ccc(Cl)cc2)CC1. The van der Waals surface area contributed by atoms with Crippen LogP contribution in [0.15, 0.2) is 48.5 Å². The van der Waals surface area contributed by atoms with Crippen LogP contribution in [0.1, 0.15) is 47.2 Å². The Morgan fingerprint density at radius 2 is 1.76 bits per heavy atom. The van der Waals surface area contributed by atoms with Crippen LogP contribution in [0.5, 0.6) is 0 Å². The fraction of sp³-hybridized carbons (Fsp3) is 0.364. The van der Waals surface area contributed by atoms with Crippen LogP contribution in [-0.2, 0) is 6.54 Å². The maximum atomic E-state index is 12.5. The van der Waals surface area contributed by atoms with Crippen LogP contribution in [0.2, 0.25) is 5.02 Å². The summed E-state index contributed by atoms with van der Waals surface area (Å²) >= 11 is 5.87. The second-order valence-corrected chi connectivity index (χ2v) is 7.69. The minimum atomic E-state index is -0.802. The van der Waals surface area contributed by atoms with E-state index >= 15 is 0 Å². The molecule has 3 rings (SSSR count). The highest BCUT2D eigenvalue weighted by Crippen LogP contribution is 2.20. The van der Waals surface area contributed by atoms with Gasteiger partial charge in [0.25, 0.3) is 5.91 Å². The number of aliphatic hydroxyl groups is 1. The first-order valence-electron chi connectivity index (χ1n) is 9.77. The number of carbonyl (C=O) groups is 1.